The molecule has 6 heteroatoms. The molecule has 0 fully saturated rings. The Morgan fingerprint density at radius 3 is 1.73 bits per heavy atom. The molecular weight excluding hydrogens is 683 g/mol. The number of hydrogen-bond acceptors (Lipinski definition) is 5. The first kappa shape index (κ1) is 52.0. The smallest absolute Gasteiger partial charge is 0.306 e. The van der Waals surface area contributed by atoms with Crippen molar-refractivity contribution >= 4 is 11.9 Å². The highest BCUT2D eigenvalue weighted by molar-refractivity contribution is 5.77. The number of carbonyl (C=O) groups is 2. The van der Waals surface area contributed by atoms with Crippen molar-refractivity contribution in [3.63, 3.8) is 0 Å². The van der Waals surface area contributed by atoms with Gasteiger partial charge in [-0.1, -0.05) is 183 Å². The van der Waals surface area contributed by atoms with Crippen molar-refractivity contribution in [2.75, 3.05) is 6.61 Å². The Kier molecular flexibility index (Phi) is 39.9. The summed E-state index contributed by atoms with van der Waals surface area (Å²) in [5.41, 5.74) is 0. The summed E-state index contributed by atoms with van der Waals surface area (Å²) in [6.45, 7) is 6.17. The zero-order chi connectivity index (χ0) is 40.3. The fourth-order valence-electron chi connectivity index (χ4n) is 6.22. The number of rotatable bonds is 38. The van der Waals surface area contributed by atoms with Crippen LogP contribution < -0.4 is 5.32 Å². The monoisotopic (exact) mass is 766 g/mol. The zero-order valence-electron chi connectivity index (χ0n) is 35.5. The fourth-order valence-corrected chi connectivity index (χ4v) is 6.22. The van der Waals surface area contributed by atoms with Crippen LogP contribution >= 0.6 is 0 Å². The molecule has 1 amide bonds. The van der Waals surface area contributed by atoms with Crippen molar-refractivity contribution in [2.24, 2.45) is 0 Å². The molecule has 0 rings (SSSR count). The molecule has 0 saturated carbocycles. The maximum absolute atomic E-state index is 13.1. The molecule has 0 heterocycles. The lowest BCUT2D eigenvalue weighted by Gasteiger charge is -2.24. The van der Waals surface area contributed by atoms with Crippen LogP contribution in [-0.4, -0.2) is 46.9 Å². The molecule has 0 aromatic carbocycles. The van der Waals surface area contributed by atoms with Crippen LogP contribution in [0.3, 0.4) is 0 Å². The van der Waals surface area contributed by atoms with Crippen LogP contribution in [0.5, 0.6) is 0 Å². The van der Waals surface area contributed by atoms with Crippen LogP contribution in [0.4, 0.5) is 0 Å². The number of allylic oxidation sites excluding steroid dienone is 14. The lowest BCUT2D eigenvalue weighted by molar-refractivity contribution is -0.151. The second kappa shape index (κ2) is 42.2. The minimum Gasteiger partial charge on any atom is -0.462 e. The summed E-state index contributed by atoms with van der Waals surface area (Å²) in [5.74, 6) is -0.551. The number of amides is 1. The molecule has 0 aliphatic carbocycles. The second-order valence-corrected chi connectivity index (χ2v) is 14.8. The average molecular weight is 766 g/mol. The van der Waals surface area contributed by atoms with Gasteiger partial charge >= 0.3 is 5.97 Å². The molecule has 0 radical (unpaired) electrons. The van der Waals surface area contributed by atoms with Gasteiger partial charge in [-0.2, -0.15) is 0 Å². The van der Waals surface area contributed by atoms with Gasteiger partial charge in [0.15, 0.2) is 0 Å². The second-order valence-electron chi connectivity index (χ2n) is 14.8. The summed E-state index contributed by atoms with van der Waals surface area (Å²) in [6, 6.07) is -0.721. The van der Waals surface area contributed by atoms with E-state index in [4.69, 9.17) is 4.74 Å². The maximum Gasteiger partial charge on any atom is 0.306 e. The summed E-state index contributed by atoms with van der Waals surface area (Å²) in [7, 11) is 0. The highest BCUT2D eigenvalue weighted by Gasteiger charge is 2.24. The van der Waals surface area contributed by atoms with Crippen LogP contribution in [0, 0.1) is 0 Å². The lowest BCUT2D eigenvalue weighted by atomic mass is 10.0. The van der Waals surface area contributed by atoms with Crippen LogP contribution in [-0.2, 0) is 14.3 Å². The average Bonchev–Trinajstić information content (AvgIpc) is 3.18. The maximum atomic E-state index is 13.1. The van der Waals surface area contributed by atoms with E-state index < -0.39 is 18.2 Å². The van der Waals surface area contributed by atoms with E-state index in [2.05, 4.69) is 92.9 Å². The molecule has 0 aliphatic rings. The van der Waals surface area contributed by atoms with Gasteiger partial charge in [0, 0.05) is 6.42 Å². The normalized spacial score (nSPS) is 14.2. The van der Waals surface area contributed by atoms with Crippen molar-refractivity contribution < 1.29 is 24.5 Å². The first-order valence-electron chi connectivity index (χ1n) is 22.4. The lowest BCUT2D eigenvalue weighted by Crippen LogP contribution is -2.46. The minimum atomic E-state index is -0.804. The number of esters is 1. The van der Waals surface area contributed by atoms with Crippen molar-refractivity contribution in [1.82, 2.24) is 5.32 Å². The summed E-state index contributed by atoms with van der Waals surface area (Å²) < 4.78 is 5.87. The number of nitrogens with one attached hydrogen (secondary N) is 1. The van der Waals surface area contributed by atoms with Gasteiger partial charge in [-0.3, -0.25) is 9.59 Å². The largest absolute Gasteiger partial charge is 0.462 e. The van der Waals surface area contributed by atoms with E-state index in [1.54, 1.807) is 0 Å². The van der Waals surface area contributed by atoms with Gasteiger partial charge < -0.3 is 20.3 Å². The van der Waals surface area contributed by atoms with Crippen molar-refractivity contribution in [1.29, 1.82) is 0 Å². The molecule has 55 heavy (non-hydrogen) atoms. The quantitative estimate of drug-likeness (QED) is 0.0252. The predicted octanol–water partition coefficient (Wildman–Crippen LogP) is 12.8. The Morgan fingerprint density at radius 1 is 0.564 bits per heavy atom. The van der Waals surface area contributed by atoms with E-state index >= 15 is 0 Å². The van der Waals surface area contributed by atoms with Crippen molar-refractivity contribution in [3.05, 3.63) is 85.1 Å². The minimum absolute atomic E-state index is 0.0367. The highest BCUT2D eigenvalue weighted by atomic mass is 16.5. The molecule has 3 N–H and O–H groups in total. The van der Waals surface area contributed by atoms with Gasteiger partial charge in [0.2, 0.25) is 5.91 Å². The van der Waals surface area contributed by atoms with E-state index in [1.807, 2.05) is 18.2 Å². The molecule has 0 aliphatic heterocycles. The molecule has 6 nitrogen and oxygen atoms in total. The summed E-state index contributed by atoms with van der Waals surface area (Å²) in [5, 5.41) is 23.5. The Labute approximate surface area is 338 Å². The summed E-state index contributed by atoms with van der Waals surface area (Å²) in [6.07, 6.45) is 53.6. The van der Waals surface area contributed by atoms with Crippen molar-refractivity contribution in [2.45, 2.75) is 206 Å². The number of carbonyl (C=O) groups excluding carboxylic acids is 2. The van der Waals surface area contributed by atoms with Crippen LogP contribution in [0.2, 0.25) is 0 Å². The first-order valence-corrected chi connectivity index (χ1v) is 22.4. The van der Waals surface area contributed by atoms with E-state index in [1.165, 1.54) is 38.5 Å². The molecule has 3 atom stereocenters. The van der Waals surface area contributed by atoms with Gasteiger partial charge in [0.1, 0.15) is 6.10 Å². The third kappa shape index (κ3) is 37.7. The molecular formula is C49H83NO5. The van der Waals surface area contributed by atoms with Gasteiger partial charge in [0.05, 0.1) is 25.2 Å². The van der Waals surface area contributed by atoms with Crippen LogP contribution in [0.25, 0.3) is 0 Å². The zero-order valence-corrected chi connectivity index (χ0v) is 35.5. The summed E-state index contributed by atoms with van der Waals surface area (Å²) in [4.78, 5) is 26.0. The topological polar surface area (TPSA) is 95.9 Å². The molecule has 0 aromatic rings. The highest BCUT2D eigenvalue weighted by Crippen LogP contribution is 2.16. The molecule has 0 spiro atoms. The molecule has 3 unspecified atom stereocenters. The predicted molar refractivity (Wildman–Crippen MR) is 236 cm³/mol. The van der Waals surface area contributed by atoms with E-state index in [9.17, 15) is 19.8 Å². The first-order chi connectivity index (χ1) is 27.0. The number of hydrogen-bond donors (Lipinski definition) is 3. The molecule has 0 bridgehead atoms. The van der Waals surface area contributed by atoms with E-state index in [0.29, 0.717) is 19.3 Å². The third-order valence-corrected chi connectivity index (χ3v) is 9.56. The Morgan fingerprint density at radius 2 is 1.07 bits per heavy atom. The van der Waals surface area contributed by atoms with Gasteiger partial charge in [-0.15, -0.1) is 0 Å². The van der Waals surface area contributed by atoms with Crippen molar-refractivity contribution in [3.8, 4) is 0 Å². The standard InChI is InChI=1S/C49H83NO5/c1-4-7-10-13-16-19-21-23-24-25-27-30-33-36-39-42-49(54)55-45(40-37-34-31-29-26-22-20-17-14-11-8-5-2)43-48(53)50-46(44-51)47(52)41-38-35-32-28-18-15-12-9-6-3/h7-8,10-11,13,16-17,19-21,23-24,26,29,45-47,51-52H,4-6,9,12,14-15,18,22,25,27-28,30-44H2,1-3H3,(H,50,53)/b10-7+,11-8+,16-13+,20-17+,21-19+,24-23-,29-26+. The van der Waals surface area contributed by atoms with E-state index in [-0.39, 0.29) is 24.9 Å². The van der Waals surface area contributed by atoms with Gasteiger partial charge in [0.25, 0.3) is 0 Å². The Hall–Kier alpha value is -2.96. The number of aliphatic hydroxyl groups excluding tert-OH is 2. The number of ether oxygens (including phenoxy) is 1. The molecule has 0 aromatic heterocycles. The Balaban J connectivity index is 4.72. The molecule has 0 saturated heterocycles. The number of aliphatic hydroxyl groups is 2. The van der Waals surface area contributed by atoms with Gasteiger partial charge in [-0.05, 0) is 77.0 Å². The summed E-state index contributed by atoms with van der Waals surface area (Å²) >= 11 is 0. The van der Waals surface area contributed by atoms with Gasteiger partial charge in [-0.25, -0.2) is 0 Å². The van der Waals surface area contributed by atoms with E-state index in [0.717, 1.165) is 103 Å². The van der Waals surface area contributed by atoms with Crippen LogP contribution in [0.1, 0.15) is 188 Å². The SMILES string of the molecule is CC/C=C/C=C/C=C/C=C\CCCCCCCC(=O)OC(CCCC/C=C/C/C=C/C/C=C/CC)CC(=O)NC(CO)C(O)CCCCCCCCCCC. The Bertz CT molecular complexity index is 1080. The van der Waals surface area contributed by atoms with Crippen LogP contribution in [0.15, 0.2) is 85.1 Å². The fraction of sp³-hybridized carbons (Fsp3) is 0.673. The third-order valence-electron chi connectivity index (χ3n) is 9.56. The number of unbranched alkanes of at least 4 members (excludes halogenated alkanes) is 15. The molecule has 314 valence electrons.